The third kappa shape index (κ3) is 2.29. The molecule has 0 aliphatic rings. The quantitative estimate of drug-likeness (QED) is 0.694. The molecule has 20 heavy (non-hydrogen) atoms. The maximum atomic E-state index is 6.25. The van der Waals surface area contributed by atoms with Gasteiger partial charge in [-0.2, -0.15) is 5.10 Å². The Balaban J connectivity index is 1.97. The summed E-state index contributed by atoms with van der Waals surface area (Å²) in [4.78, 5) is 8.70. The highest BCUT2D eigenvalue weighted by atomic mass is 35.5. The van der Waals surface area contributed by atoms with Gasteiger partial charge in [-0.05, 0) is 19.1 Å². The SMILES string of the molecule is CC(Cl)c1nc2cnccc2n1CCc1ccnn1C. The van der Waals surface area contributed by atoms with E-state index in [4.69, 9.17) is 11.6 Å². The summed E-state index contributed by atoms with van der Waals surface area (Å²) in [6, 6.07) is 4.01. The number of hydrogen-bond acceptors (Lipinski definition) is 3. The number of hydrogen-bond donors (Lipinski definition) is 0. The van der Waals surface area contributed by atoms with Crippen LogP contribution in [0.4, 0.5) is 0 Å². The zero-order chi connectivity index (χ0) is 14.1. The van der Waals surface area contributed by atoms with Crippen molar-refractivity contribution in [1.82, 2.24) is 24.3 Å². The Bertz CT molecular complexity index is 728. The van der Waals surface area contributed by atoms with Crippen molar-refractivity contribution in [2.24, 2.45) is 7.05 Å². The number of nitrogens with zero attached hydrogens (tertiary/aromatic N) is 5. The fourth-order valence-corrected chi connectivity index (χ4v) is 2.58. The summed E-state index contributed by atoms with van der Waals surface area (Å²) < 4.78 is 4.06. The molecule has 0 saturated carbocycles. The molecule has 0 saturated heterocycles. The van der Waals surface area contributed by atoms with E-state index in [2.05, 4.69) is 19.6 Å². The van der Waals surface area contributed by atoms with Gasteiger partial charge in [-0.15, -0.1) is 11.6 Å². The molecule has 1 unspecified atom stereocenters. The number of aryl methyl sites for hydroxylation is 3. The zero-order valence-electron chi connectivity index (χ0n) is 11.5. The lowest BCUT2D eigenvalue weighted by atomic mass is 10.3. The van der Waals surface area contributed by atoms with Crippen LogP contribution in [0.15, 0.2) is 30.7 Å². The highest BCUT2D eigenvalue weighted by Crippen LogP contribution is 2.24. The largest absolute Gasteiger partial charge is 0.326 e. The van der Waals surface area contributed by atoms with Crippen LogP contribution in [-0.4, -0.2) is 24.3 Å². The molecule has 3 heterocycles. The number of fused-ring (bicyclic) bond motifs is 1. The Morgan fingerprint density at radius 3 is 2.85 bits per heavy atom. The van der Waals surface area contributed by atoms with Gasteiger partial charge in [0.15, 0.2) is 0 Å². The van der Waals surface area contributed by atoms with E-state index >= 15 is 0 Å². The minimum absolute atomic E-state index is 0.131. The first-order valence-electron chi connectivity index (χ1n) is 6.58. The molecule has 6 heteroatoms. The van der Waals surface area contributed by atoms with Crippen LogP contribution in [0.2, 0.25) is 0 Å². The fraction of sp³-hybridized carbons (Fsp3) is 0.357. The van der Waals surface area contributed by atoms with Gasteiger partial charge in [0.25, 0.3) is 0 Å². The van der Waals surface area contributed by atoms with Gasteiger partial charge >= 0.3 is 0 Å². The molecule has 0 N–H and O–H groups in total. The third-order valence-electron chi connectivity index (χ3n) is 3.45. The number of halogens is 1. The van der Waals surface area contributed by atoms with Crippen molar-refractivity contribution >= 4 is 22.6 Å². The zero-order valence-corrected chi connectivity index (χ0v) is 12.2. The summed E-state index contributed by atoms with van der Waals surface area (Å²) in [5.74, 6) is 0.886. The molecular formula is C14H16ClN5. The number of pyridine rings is 1. The Morgan fingerprint density at radius 1 is 1.30 bits per heavy atom. The molecule has 3 rings (SSSR count). The molecule has 0 aliphatic heterocycles. The van der Waals surface area contributed by atoms with Gasteiger partial charge in [-0.1, -0.05) is 0 Å². The van der Waals surface area contributed by atoms with E-state index in [-0.39, 0.29) is 5.38 Å². The molecule has 0 aromatic carbocycles. The maximum Gasteiger partial charge on any atom is 0.127 e. The summed E-state index contributed by atoms with van der Waals surface area (Å²) in [6.07, 6.45) is 6.27. The Morgan fingerprint density at radius 2 is 2.15 bits per heavy atom. The summed E-state index contributed by atoms with van der Waals surface area (Å²) in [7, 11) is 1.95. The topological polar surface area (TPSA) is 48.5 Å². The molecule has 0 spiro atoms. The van der Waals surface area contributed by atoms with E-state index in [0.29, 0.717) is 0 Å². The highest BCUT2D eigenvalue weighted by molar-refractivity contribution is 6.20. The molecule has 1 atom stereocenters. The van der Waals surface area contributed by atoms with Crippen LogP contribution >= 0.6 is 11.6 Å². The Kier molecular flexibility index (Phi) is 3.44. The lowest BCUT2D eigenvalue weighted by Gasteiger charge is -2.10. The van der Waals surface area contributed by atoms with Crippen LogP contribution in [0, 0.1) is 0 Å². The van der Waals surface area contributed by atoms with Gasteiger partial charge in [0.05, 0.1) is 17.1 Å². The second-order valence-corrected chi connectivity index (χ2v) is 5.45. The molecule has 0 radical (unpaired) electrons. The molecule has 0 amide bonds. The maximum absolute atomic E-state index is 6.25. The second-order valence-electron chi connectivity index (χ2n) is 4.80. The smallest absolute Gasteiger partial charge is 0.127 e. The molecule has 3 aromatic rings. The minimum atomic E-state index is -0.131. The highest BCUT2D eigenvalue weighted by Gasteiger charge is 2.15. The van der Waals surface area contributed by atoms with E-state index in [1.807, 2.05) is 37.0 Å². The third-order valence-corrected chi connectivity index (χ3v) is 3.65. The lowest BCUT2D eigenvalue weighted by Crippen LogP contribution is -2.09. The van der Waals surface area contributed by atoms with E-state index in [1.54, 1.807) is 12.4 Å². The summed E-state index contributed by atoms with van der Waals surface area (Å²) in [6.45, 7) is 2.77. The van der Waals surface area contributed by atoms with Gasteiger partial charge in [0.2, 0.25) is 0 Å². The molecule has 0 aliphatic carbocycles. The van der Waals surface area contributed by atoms with Crippen molar-refractivity contribution in [3.63, 3.8) is 0 Å². The summed E-state index contributed by atoms with van der Waals surface area (Å²) in [5, 5.41) is 4.06. The van der Waals surface area contributed by atoms with Crippen LogP contribution in [0.1, 0.15) is 23.8 Å². The van der Waals surface area contributed by atoms with Gasteiger partial charge in [-0.3, -0.25) is 9.67 Å². The number of alkyl halides is 1. The average Bonchev–Trinajstić information content (AvgIpc) is 3.00. The van der Waals surface area contributed by atoms with Crippen molar-refractivity contribution in [3.05, 3.63) is 42.2 Å². The van der Waals surface area contributed by atoms with Gasteiger partial charge in [0.1, 0.15) is 11.3 Å². The van der Waals surface area contributed by atoms with E-state index in [1.165, 1.54) is 5.69 Å². The van der Waals surface area contributed by atoms with Crippen molar-refractivity contribution in [2.75, 3.05) is 0 Å². The van der Waals surface area contributed by atoms with Crippen LogP contribution in [0.5, 0.6) is 0 Å². The van der Waals surface area contributed by atoms with Crippen LogP contribution in [-0.2, 0) is 20.0 Å². The van der Waals surface area contributed by atoms with E-state index < -0.39 is 0 Å². The molecule has 0 fully saturated rings. The predicted molar refractivity (Wildman–Crippen MR) is 78.7 cm³/mol. The van der Waals surface area contributed by atoms with Crippen LogP contribution in [0.3, 0.4) is 0 Å². The van der Waals surface area contributed by atoms with Crippen LogP contribution in [0.25, 0.3) is 11.0 Å². The van der Waals surface area contributed by atoms with E-state index in [0.717, 1.165) is 29.8 Å². The van der Waals surface area contributed by atoms with Crippen molar-refractivity contribution in [3.8, 4) is 0 Å². The predicted octanol–water partition coefficient (Wildman–Crippen LogP) is 2.71. The number of rotatable bonds is 4. The Hall–Kier alpha value is -1.88. The monoisotopic (exact) mass is 289 g/mol. The van der Waals surface area contributed by atoms with Gasteiger partial charge in [0, 0.05) is 38.1 Å². The number of aromatic nitrogens is 5. The first-order chi connectivity index (χ1) is 9.66. The van der Waals surface area contributed by atoms with Gasteiger partial charge in [-0.25, -0.2) is 4.98 Å². The first-order valence-corrected chi connectivity index (χ1v) is 7.01. The minimum Gasteiger partial charge on any atom is -0.326 e. The van der Waals surface area contributed by atoms with Crippen molar-refractivity contribution in [1.29, 1.82) is 0 Å². The first kappa shape index (κ1) is 13.1. The molecule has 104 valence electrons. The molecular weight excluding hydrogens is 274 g/mol. The summed E-state index contributed by atoms with van der Waals surface area (Å²) in [5.41, 5.74) is 3.15. The second kappa shape index (κ2) is 5.25. The number of imidazole rings is 1. The van der Waals surface area contributed by atoms with E-state index in [9.17, 15) is 0 Å². The standard InChI is InChI=1S/C14H16ClN5/c1-10(15)14-18-12-9-16-6-4-13(12)20(14)8-5-11-3-7-17-19(11)2/h3-4,6-7,9-10H,5,8H2,1-2H3. The fourth-order valence-electron chi connectivity index (χ4n) is 2.41. The lowest BCUT2D eigenvalue weighted by molar-refractivity contribution is 0.624. The normalized spacial score (nSPS) is 12.9. The van der Waals surface area contributed by atoms with Crippen molar-refractivity contribution in [2.45, 2.75) is 25.3 Å². The van der Waals surface area contributed by atoms with Gasteiger partial charge < -0.3 is 4.57 Å². The molecule has 5 nitrogen and oxygen atoms in total. The van der Waals surface area contributed by atoms with Crippen molar-refractivity contribution < 1.29 is 0 Å². The Labute approximate surface area is 122 Å². The average molecular weight is 290 g/mol. The molecule has 3 aromatic heterocycles. The summed E-state index contributed by atoms with van der Waals surface area (Å²) >= 11 is 6.25. The van der Waals surface area contributed by atoms with Crippen LogP contribution < -0.4 is 0 Å². The molecule has 0 bridgehead atoms.